The molecule has 19 heavy (non-hydrogen) atoms. The van der Waals surface area contributed by atoms with Gasteiger partial charge in [-0.1, -0.05) is 35.3 Å². The molecule has 2 aromatic rings. The van der Waals surface area contributed by atoms with E-state index in [0.717, 1.165) is 0 Å². The highest BCUT2D eigenvalue weighted by Gasteiger charge is 2.19. The van der Waals surface area contributed by atoms with Crippen molar-refractivity contribution < 1.29 is 9.90 Å². The summed E-state index contributed by atoms with van der Waals surface area (Å²) in [6.07, 6.45) is 0. The molecule has 2 rings (SSSR count). The first-order chi connectivity index (χ1) is 9.00. The lowest BCUT2D eigenvalue weighted by Gasteiger charge is -2.18. The minimum absolute atomic E-state index is 0.0856. The monoisotopic (exact) mass is 295 g/mol. The molecule has 0 fully saturated rings. The Kier molecular flexibility index (Phi) is 3.98. The molecule has 0 radical (unpaired) electrons. The van der Waals surface area contributed by atoms with Gasteiger partial charge in [-0.15, -0.1) is 0 Å². The van der Waals surface area contributed by atoms with Crippen LogP contribution in [-0.4, -0.2) is 18.1 Å². The van der Waals surface area contributed by atoms with Crippen LogP contribution in [0.2, 0.25) is 10.0 Å². The van der Waals surface area contributed by atoms with E-state index in [0.29, 0.717) is 15.7 Å². The van der Waals surface area contributed by atoms with Crippen molar-refractivity contribution >= 4 is 34.8 Å². The molecule has 5 heteroatoms. The van der Waals surface area contributed by atoms with Gasteiger partial charge in [0.1, 0.15) is 5.75 Å². The molecule has 0 saturated heterocycles. The van der Waals surface area contributed by atoms with E-state index in [2.05, 4.69) is 0 Å². The number of hydrogen-bond acceptors (Lipinski definition) is 2. The maximum Gasteiger partial charge on any atom is 0.261 e. The number of benzene rings is 2. The molecule has 2 aromatic carbocycles. The maximum atomic E-state index is 12.4. The van der Waals surface area contributed by atoms with Gasteiger partial charge in [-0.25, -0.2) is 0 Å². The molecule has 3 nitrogen and oxygen atoms in total. The minimum Gasteiger partial charge on any atom is -0.508 e. The zero-order chi connectivity index (χ0) is 14.0. The molecule has 0 spiro atoms. The van der Waals surface area contributed by atoms with Gasteiger partial charge in [-0.3, -0.25) is 4.79 Å². The van der Waals surface area contributed by atoms with Crippen molar-refractivity contribution in [2.24, 2.45) is 0 Å². The highest BCUT2D eigenvalue weighted by Crippen LogP contribution is 2.28. The topological polar surface area (TPSA) is 40.5 Å². The third-order valence-electron chi connectivity index (χ3n) is 2.70. The van der Waals surface area contributed by atoms with Crippen LogP contribution >= 0.6 is 23.2 Å². The number of phenols is 1. The van der Waals surface area contributed by atoms with Gasteiger partial charge >= 0.3 is 0 Å². The summed E-state index contributed by atoms with van der Waals surface area (Å²) in [6.45, 7) is 0. The molecule has 0 aliphatic heterocycles. The van der Waals surface area contributed by atoms with Crippen LogP contribution < -0.4 is 4.90 Å². The summed E-state index contributed by atoms with van der Waals surface area (Å²) in [4.78, 5) is 13.8. The van der Waals surface area contributed by atoms with Gasteiger partial charge in [0.25, 0.3) is 5.91 Å². The lowest BCUT2D eigenvalue weighted by Crippen LogP contribution is -2.26. The zero-order valence-corrected chi connectivity index (χ0v) is 11.6. The van der Waals surface area contributed by atoms with Gasteiger partial charge in [0.05, 0.1) is 15.6 Å². The molecule has 0 unspecified atom stereocenters. The van der Waals surface area contributed by atoms with Crippen LogP contribution in [0, 0.1) is 0 Å². The van der Waals surface area contributed by atoms with Crippen molar-refractivity contribution in [1.82, 2.24) is 0 Å². The quantitative estimate of drug-likeness (QED) is 0.910. The Hall–Kier alpha value is -1.71. The number of halogens is 2. The molecule has 0 atom stereocenters. The molecule has 0 aliphatic carbocycles. The molecule has 0 heterocycles. The second-order valence-electron chi connectivity index (χ2n) is 3.98. The van der Waals surface area contributed by atoms with E-state index in [4.69, 9.17) is 23.2 Å². The summed E-state index contributed by atoms with van der Waals surface area (Å²) in [5.74, 6) is -0.247. The number of anilines is 1. The van der Waals surface area contributed by atoms with Crippen molar-refractivity contribution in [3.05, 3.63) is 58.1 Å². The average molecular weight is 296 g/mol. The second kappa shape index (κ2) is 5.51. The fourth-order valence-electron chi connectivity index (χ4n) is 1.69. The summed E-state index contributed by atoms with van der Waals surface area (Å²) in [6, 6.07) is 11.3. The van der Waals surface area contributed by atoms with Crippen LogP contribution in [0.5, 0.6) is 5.75 Å². The van der Waals surface area contributed by atoms with Crippen LogP contribution in [0.1, 0.15) is 10.4 Å². The van der Waals surface area contributed by atoms with Crippen LogP contribution in [0.25, 0.3) is 0 Å². The Labute approximate surface area is 121 Å². The molecular weight excluding hydrogens is 285 g/mol. The number of aromatic hydroxyl groups is 1. The number of carbonyl (C=O) groups excluding carboxylic acids is 1. The Balaban J connectivity index is 2.39. The number of hydrogen-bond donors (Lipinski definition) is 1. The van der Waals surface area contributed by atoms with Crippen LogP contribution in [0.4, 0.5) is 5.69 Å². The Morgan fingerprint density at radius 2 is 1.68 bits per heavy atom. The summed E-state index contributed by atoms with van der Waals surface area (Å²) in [5, 5.41) is 10.0. The summed E-state index contributed by atoms with van der Waals surface area (Å²) < 4.78 is 0. The third-order valence-corrected chi connectivity index (χ3v) is 3.33. The highest BCUT2D eigenvalue weighted by molar-refractivity contribution is 6.40. The predicted octanol–water partition coefficient (Wildman–Crippen LogP) is 3.98. The molecule has 1 amide bonds. The first-order valence-electron chi connectivity index (χ1n) is 5.52. The predicted molar refractivity (Wildman–Crippen MR) is 77.3 cm³/mol. The lowest BCUT2D eigenvalue weighted by atomic mass is 10.2. The summed E-state index contributed by atoms with van der Waals surface area (Å²) in [5.41, 5.74) is 0.803. The molecule has 98 valence electrons. The van der Waals surface area contributed by atoms with Crippen LogP contribution in [-0.2, 0) is 0 Å². The standard InChI is InChI=1S/C14H11Cl2NO2/c1-17(9-4-2-5-10(18)8-9)14(19)13-11(15)6-3-7-12(13)16/h2-8,18H,1H3. The Bertz CT molecular complexity index is 608. The molecular formula is C14H11Cl2NO2. The fourth-order valence-corrected chi connectivity index (χ4v) is 2.25. The van der Waals surface area contributed by atoms with Crippen LogP contribution in [0.3, 0.4) is 0 Å². The Morgan fingerprint density at radius 1 is 1.11 bits per heavy atom. The second-order valence-corrected chi connectivity index (χ2v) is 4.80. The van der Waals surface area contributed by atoms with Gasteiger partial charge in [0.15, 0.2) is 0 Å². The molecule has 0 aromatic heterocycles. The van der Waals surface area contributed by atoms with Gasteiger partial charge < -0.3 is 10.0 Å². The zero-order valence-electron chi connectivity index (χ0n) is 10.1. The average Bonchev–Trinajstić information content (AvgIpc) is 2.37. The largest absolute Gasteiger partial charge is 0.508 e. The van der Waals surface area contributed by atoms with E-state index in [9.17, 15) is 9.90 Å². The van der Waals surface area contributed by atoms with E-state index in [1.807, 2.05) is 0 Å². The number of nitrogens with zero attached hydrogens (tertiary/aromatic N) is 1. The highest BCUT2D eigenvalue weighted by atomic mass is 35.5. The fraction of sp³-hybridized carbons (Fsp3) is 0.0714. The lowest BCUT2D eigenvalue weighted by molar-refractivity contribution is 0.0993. The van der Waals surface area contributed by atoms with Gasteiger partial charge in [-0.2, -0.15) is 0 Å². The van der Waals surface area contributed by atoms with E-state index < -0.39 is 0 Å². The minimum atomic E-state index is -0.332. The first kappa shape index (κ1) is 13.7. The van der Waals surface area contributed by atoms with Gasteiger partial charge in [0, 0.05) is 18.8 Å². The molecule has 1 N–H and O–H groups in total. The molecule has 0 aliphatic rings. The van der Waals surface area contributed by atoms with E-state index in [1.54, 1.807) is 37.4 Å². The summed E-state index contributed by atoms with van der Waals surface area (Å²) in [7, 11) is 1.59. The van der Waals surface area contributed by atoms with Crippen molar-refractivity contribution in [3.63, 3.8) is 0 Å². The number of amides is 1. The SMILES string of the molecule is CN(C(=O)c1c(Cl)cccc1Cl)c1cccc(O)c1. The summed E-state index contributed by atoms with van der Waals surface area (Å²) >= 11 is 12.0. The number of carbonyl (C=O) groups is 1. The van der Waals surface area contributed by atoms with Crippen molar-refractivity contribution in [1.29, 1.82) is 0 Å². The molecule has 0 saturated carbocycles. The normalized spacial score (nSPS) is 10.3. The van der Waals surface area contributed by atoms with E-state index in [-0.39, 0.29) is 17.2 Å². The van der Waals surface area contributed by atoms with Crippen molar-refractivity contribution in [3.8, 4) is 5.75 Å². The van der Waals surface area contributed by atoms with E-state index >= 15 is 0 Å². The molecule has 0 bridgehead atoms. The number of rotatable bonds is 2. The van der Waals surface area contributed by atoms with E-state index in [1.165, 1.54) is 17.0 Å². The smallest absolute Gasteiger partial charge is 0.261 e. The Morgan fingerprint density at radius 3 is 2.26 bits per heavy atom. The third kappa shape index (κ3) is 2.83. The van der Waals surface area contributed by atoms with Gasteiger partial charge in [0.2, 0.25) is 0 Å². The van der Waals surface area contributed by atoms with Crippen molar-refractivity contribution in [2.45, 2.75) is 0 Å². The first-order valence-corrected chi connectivity index (χ1v) is 6.27. The van der Waals surface area contributed by atoms with Crippen molar-refractivity contribution in [2.75, 3.05) is 11.9 Å². The van der Waals surface area contributed by atoms with Crippen LogP contribution in [0.15, 0.2) is 42.5 Å². The van der Waals surface area contributed by atoms with Gasteiger partial charge in [-0.05, 0) is 24.3 Å². The maximum absolute atomic E-state index is 12.4. The number of phenolic OH excluding ortho intramolecular Hbond substituents is 1.